The van der Waals surface area contributed by atoms with Gasteiger partial charge in [0.15, 0.2) is 5.82 Å². The number of nitrogens with two attached hydrogens (primary N) is 1. The standard InChI is InChI=1S/C16H15N3OS/c1-9-6-13(17)21-14(9)16-18-15(19-20-16)12-7-10-4-2-3-5-11(10)8-12/h2-6,12H,7-8,17H2,1H3. The monoisotopic (exact) mass is 297 g/mol. The number of nitrogens with zero attached hydrogens (tertiary/aromatic N) is 2. The van der Waals surface area contributed by atoms with E-state index in [0.29, 0.717) is 11.8 Å². The normalized spacial score (nSPS) is 14.5. The first-order chi connectivity index (χ1) is 10.2. The van der Waals surface area contributed by atoms with Gasteiger partial charge in [0.2, 0.25) is 0 Å². The predicted octanol–water partition coefficient (Wildman–Crippen LogP) is 3.57. The van der Waals surface area contributed by atoms with Crippen LogP contribution in [0.2, 0.25) is 0 Å². The summed E-state index contributed by atoms with van der Waals surface area (Å²) in [6.45, 7) is 2.01. The molecule has 1 aromatic carbocycles. The Morgan fingerprint density at radius 2 is 1.95 bits per heavy atom. The third-order valence-corrected chi connectivity index (χ3v) is 5.04. The summed E-state index contributed by atoms with van der Waals surface area (Å²) in [4.78, 5) is 5.57. The summed E-state index contributed by atoms with van der Waals surface area (Å²) in [5.41, 5.74) is 9.71. The molecule has 0 saturated heterocycles. The molecule has 2 aromatic heterocycles. The molecule has 2 N–H and O–H groups in total. The largest absolute Gasteiger partial charge is 0.391 e. The highest BCUT2D eigenvalue weighted by Crippen LogP contribution is 2.36. The lowest BCUT2D eigenvalue weighted by Gasteiger charge is -2.00. The topological polar surface area (TPSA) is 64.9 Å². The van der Waals surface area contributed by atoms with E-state index in [1.54, 1.807) is 0 Å². The smallest absolute Gasteiger partial charge is 0.268 e. The molecule has 0 saturated carbocycles. The molecule has 21 heavy (non-hydrogen) atoms. The van der Waals surface area contributed by atoms with Gasteiger partial charge < -0.3 is 10.3 Å². The second-order valence-corrected chi connectivity index (χ2v) is 6.58. The van der Waals surface area contributed by atoms with Crippen LogP contribution in [0.1, 0.15) is 28.4 Å². The molecule has 5 heteroatoms. The molecule has 0 spiro atoms. The van der Waals surface area contributed by atoms with Crippen LogP contribution >= 0.6 is 11.3 Å². The van der Waals surface area contributed by atoms with Gasteiger partial charge in [0.1, 0.15) is 0 Å². The van der Waals surface area contributed by atoms with Gasteiger partial charge in [0, 0.05) is 5.92 Å². The SMILES string of the molecule is Cc1cc(N)sc1-c1nc(C2Cc3ccccc3C2)no1. The van der Waals surface area contributed by atoms with Crippen LogP contribution in [0.25, 0.3) is 10.8 Å². The summed E-state index contributed by atoms with van der Waals surface area (Å²) in [6.07, 6.45) is 1.97. The maximum atomic E-state index is 5.83. The van der Waals surface area contributed by atoms with E-state index in [1.807, 2.05) is 13.0 Å². The number of aryl methyl sites for hydroxylation is 1. The fourth-order valence-electron chi connectivity index (χ4n) is 2.95. The molecule has 0 fully saturated rings. The fourth-order valence-corrected chi connectivity index (χ4v) is 3.81. The molecule has 0 atom stereocenters. The maximum Gasteiger partial charge on any atom is 0.268 e. The minimum absolute atomic E-state index is 0.317. The van der Waals surface area contributed by atoms with Crippen LogP contribution in [0.15, 0.2) is 34.9 Å². The van der Waals surface area contributed by atoms with Crippen molar-refractivity contribution in [3.63, 3.8) is 0 Å². The van der Waals surface area contributed by atoms with Gasteiger partial charge in [-0.15, -0.1) is 11.3 Å². The van der Waals surface area contributed by atoms with Gasteiger partial charge in [-0.1, -0.05) is 29.4 Å². The Kier molecular flexibility index (Phi) is 2.82. The minimum Gasteiger partial charge on any atom is -0.391 e. The number of nitrogen functional groups attached to an aromatic ring is 1. The number of aromatic nitrogens is 2. The highest BCUT2D eigenvalue weighted by Gasteiger charge is 2.27. The lowest BCUT2D eigenvalue weighted by atomic mass is 10.1. The van der Waals surface area contributed by atoms with Gasteiger partial charge in [-0.25, -0.2) is 0 Å². The number of fused-ring (bicyclic) bond motifs is 1. The molecular weight excluding hydrogens is 282 g/mol. The van der Waals surface area contributed by atoms with Crippen molar-refractivity contribution in [3.8, 4) is 10.8 Å². The van der Waals surface area contributed by atoms with Gasteiger partial charge >= 0.3 is 0 Å². The summed E-state index contributed by atoms with van der Waals surface area (Å²) >= 11 is 1.49. The lowest BCUT2D eigenvalue weighted by Crippen LogP contribution is -2.00. The molecule has 106 valence electrons. The molecule has 0 radical (unpaired) electrons. The summed E-state index contributed by atoms with van der Waals surface area (Å²) in [5, 5.41) is 4.96. The van der Waals surface area contributed by atoms with Gasteiger partial charge in [-0.3, -0.25) is 0 Å². The van der Waals surface area contributed by atoms with E-state index in [-0.39, 0.29) is 0 Å². The Morgan fingerprint density at radius 3 is 2.57 bits per heavy atom. The molecule has 2 heterocycles. The van der Waals surface area contributed by atoms with E-state index in [1.165, 1.54) is 22.5 Å². The van der Waals surface area contributed by atoms with Crippen LogP contribution in [-0.4, -0.2) is 10.1 Å². The number of thiophene rings is 1. The second kappa shape index (κ2) is 4.70. The minimum atomic E-state index is 0.317. The zero-order valence-electron chi connectivity index (χ0n) is 11.7. The van der Waals surface area contributed by atoms with Gasteiger partial charge in [-0.2, -0.15) is 4.98 Å². The Morgan fingerprint density at radius 1 is 1.24 bits per heavy atom. The van der Waals surface area contributed by atoms with Gasteiger partial charge in [0.05, 0.1) is 9.88 Å². The molecule has 4 rings (SSSR count). The molecule has 0 amide bonds. The Labute approximate surface area is 126 Å². The van der Waals surface area contributed by atoms with Crippen molar-refractivity contribution in [2.45, 2.75) is 25.7 Å². The van der Waals surface area contributed by atoms with E-state index in [0.717, 1.165) is 34.1 Å². The fraction of sp³-hybridized carbons (Fsp3) is 0.250. The Balaban J connectivity index is 1.63. The highest BCUT2D eigenvalue weighted by molar-refractivity contribution is 7.19. The van der Waals surface area contributed by atoms with E-state index >= 15 is 0 Å². The molecule has 3 aromatic rings. The van der Waals surface area contributed by atoms with Crippen LogP contribution in [0.4, 0.5) is 5.00 Å². The van der Waals surface area contributed by atoms with E-state index in [4.69, 9.17) is 10.3 Å². The summed E-state index contributed by atoms with van der Waals surface area (Å²) < 4.78 is 5.45. The van der Waals surface area contributed by atoms with Crippen LogP contribution < -0.4 is 5.73 Å². The maximum absolute atomic E-state index is 5.83. The molecule has 0 bridgehead atoms. The van der Waals surface area contributed by atoms with Crippen molar-refractivity contribution in [1.82, 2.24) is 10.1 Å². The number of benzene rings is 1. The van der Waals surface area contributed by atoms with Crippen molar-refractivity contribution < 1.29 is 4.52 Å². The Bertz CT molecular complexity index is 780. The highest BCUT2D eigenvalue weighted by atomic mass is 32.1. The van der Waals surface area contributed by atoms with Crippen molar-refractivity contribution >= 4 is 16.3 Å². The van der Waals surface area contributed by atoms with Gasteiger partial charge in [-0.05, 0) is 42.5 Å². The van der Waals surface area contributed by atoms with Gasteiger partial charge in [0.25, 0.3) is 5.89 Å². The molecule has 0 aliphatic heterocycles. The third-order valence-electron chi connectivity index (χ3n) is 3.99. The van der Waals surface area contributed by atoms with Crippen molar-refractivity contribution in [1.29, 1.82) is 0 Å². The van der Waals surface area contributed by atoms with Crippen molar-refractivity contribution in [2.24, 2.45) is 0 Å². The molecule has 4 nitrogen and oxygen atoms in total. The van der Waals surface area contributed by atoms with Crippen LogP contribution in [-0.2, 0) is 12.8 Å². The van der Waals surface area contributed by atoms with Crippen molar-refractivity contribution in [3.05, 3.63) is 52.8 Å². The van der Waals surface area contributed by atoms with Crippen molar-refractivity contribution in [2.75, 3.05) is 5.73 Å². The summed E-state index contributed by atoms with van der Waals surface area (Å²) in [6, 6.07) is 10.5. The summed E-state index contributed by atoms with van der Waals surface area (Å²) in [5.74, 6) is 1.70. The first-order valence-electron chi connectivity index (χ1n) is 6.97. The Hall–Kier alpha value is -2.14. The molecule has 0 unspecified atom stereocenters. The third kappa shape index (κ3) is 2.14. The number of hydrogen-bond donors (Lipinski definition) is 1. The zero-order chi connectivity index (χ0) is 14.4. The average Bonchev–Trinajstić information content (AvgIpc) is 3.15. The van der Waals surface area contributed by atoms with Crippen LogP contribution in [0, 0.1) is 6.92 Å². The molecule has 1 aliphatic rings. The zero-order valence-corrected chi connectivity index (χ0v) is 12.5. The van der Waals surface area contributed by atoms with E-state index in [2.05, 4.69) is 34.4 Å². The number of hydrogen-bond acceptors (Lipinski definition) is 5. The summed E-state index contributed by atoms with van der Waals surface area (Å²) in [7, 11) is 0. The first kappa shape index (κ1) is 12.6. The first-order valence-corrected chi connectivity index (χ1v) is 7.79. The average molecular weight is 297 g/mol. The molecule has 1 aliphatic carbocycles. The lowest BCUT2D eigenvalue weighted by molar-refractivity contribution is 0.417. The predicted molar refractivity (Wildman–Crippen MR) is 83.4 cm³/mol. The number of anilines is 1. The number of rotatable bonds is 2. The molecular formula is C16H15N3OS. The second-order valence-electron chi connectivity index (χ2n) is 5.49. The van der Waals surface area contributed by atoms with Crippen LogP contribution in [0.5, 0.6) is 0 Å². The van der Waals surface area contributed by atoms with E-state index in [9.17, 15) is 0 Å². The quantitative estimate of drug-likeness (QED) is 0.785. The van der Waals surface area contributed by atoms with Crippen LogP contribution in [0.3, 0.4) is 0 Å². The van der Waals surface area contributed by atoms with E-state index < -0.39 is 0 Å².